The Bertz CT molecular complexity index is 834. The third-order valence-electron chi connectivity index (χ3n) is 3.61. The first kappa shape index (κ1) is 13.1. The zero-order chi connectivity index (χ0) is 14.5. The second-order valence-electron chi connectivity index (χ2n) is 5.07. The highest BCUT2D eigenvalue weighted by molar-refractivity contribution is 7.90. The van der Waals surface area contributed by atoms with Gasteiger partial charge in [0.25, 0.3) is 10.1 Å². The van der Waals surface area contributed by atoms with E-state index in [1.807, 2.05) is 38.1 Å². The molecule has 0 fully saturated rings. The number of fused-ring (bicyclic) bond motifs is 1. The van der Waals surface area contributed by atoms with Crippen LogP contribution in [0, 0.1) is 13.8 Å². The van der Waals surface area contributed by atoms with E-state index < -0.39 is 10.1 Å². The van der Waals surface area contributed by atoms with Gasteiger partial charge in [0.2, 0.25) is 0 Å². The molecule has 4 heteroatoms. The molecule has 0 atom stereocenters. The average molecular weight is 286 g/mol. The fourth-order valence-electron chi connectivity index (χ4n) is 2.62. The summed E-state index contributed by atoms with van der Waals surface area (Å²) in [5.74, 6) is 0. The molecule has 1 aromatic carbocycles. The van der Waals surface area contributed by atoms with E-state index in [1.165, 1.54) is 0 Å². The van der Waals surface area contributed by atoms with Crippen LogP contribution in [-0.2, 0) is 10.1 Å². The summed E-state index contributed by atoms with van der Waals surface area (Å²) in [6, 6.07) is 6.07. The van der Waals surface area contributed by atoms with Crippen molar-refractivity contribution in [3.05, 3.63) is 75.2 Å². The van der Waals surface area contributed by atoms with Crippen LogP contribution in [-0.4, -0.2) is 13.0 Å². The third-order valence-corrected chi connectivity index (χ3v) is 4.50. The van der Waals surface area contributed by atoms with E-state index in [0.29, 0.717) is 5.57 Å². The van der Waals surface area contributed by atoms with E-state index in [1.54, 1.807) is 18.2 Å². The molecule has 3 rings (SSSR count). The summed E-state index contributed by atoms with van der Waals surface area (Å²) < 4.78 is 32.4. The van der Waals surface area contributed by atoms with Crippen molar-refractivity contribution in [1.29, 1.82) is 0 Å². The van der Waals surface area contributed by atoms with Crippen molar-refractivity contribution in [2.45, 2.75) is 13.8 Å². The summed E-state index contributed by atoms with van der Waals surface area (Å²) in [6.45, 7) is 3.99. The Kier molecular flexibility index (Phi) is 2.81. The molecule has 102 valence electrons. The molecule has 0 unspecified atom stereocenters. The van der Waals surface area contributed by atoms with Crippen molar-refractivity contribution in [1.82, 2.24) is 0 Å². The van der Waals surface area contributed by atoms with Crippen LogP contribution in [0.1, 0.15) is 16.7 Å². The van der Waals surface area contributed by atoms with Gasteiger partial charge in [-0.1, -0.05) is 42.0 Å². The summed E-state index contributed by atoms with van der Waals surface area (Å²) in [7, 11) is -4.21. The molecule has 3 nitrogen and oxygen atoms in total. The van der Waals surface area contributed by atoms with Crippen LogP contribution in [0.25, 0.3) is 5.57 Å². The molecule has 0 radical (unpaired) electrons. The maximum Gasteiger partial charge on any atom is 0.295 e. The monoisotopic (exact) mass is 286 g/mol. The molecule has 1 aromatic rings. The Labute approximate surface area is 118 Å². The van der Waals surface area contributed by atoms with E-state index in [4.69, 9.17) is 0 Å². The van der Waals surface area contributed by atoms with E-state index in [2.05, 4.69) is 0 Å². The van der Waals surface area contributed by atoms with E-state index in [0.717, 1.165) is 27.8 Å². The van der Waals surface area contributed by atoms with Crippen LogP contribution in [0.5, 0.6) is 0 Å². The summed E-state index contributed by atoms with van der Waals surface area (Å²) in [5, 5.41) is 0. The van der Waals surface area contributed by atoms with Gasteiger partial charge in [-0.3, -0.25) is 4.55 Å². The lowest BCUT2D eigenvalue weighted by Gasteiger charge is -2.08. The first-order chi connectivity index (χ1) is 9.38. The van der Waals surface area contributed by atoms with Gasteiger partial charge in [0.05, 0.1) is 0 Å². The third kappa shape index (κ3) is 1.97. The number of hydrogen-bond acceptors (Lipinski definition) is 2. The molecule has 0 spiro atoms. The molecule has 0 aromatic heterocycles. The minimum absolute atomic E-state index is 0.0200. The Balaban J connectivity index is 2.26. The van der Waals surface area contributed by atoms with Crippen molar-refractivity contribution in [3.63, 3.8) is 0 Å². The van der Waals surface area contributed by atoms with Crippen molar-refractivity contribution < 1.29 is 13.0 Å². The van der Waals surface area contributed by atoms with Crippen LogP contribution in [0.3, 0.4) is 0 Å². The molecule has 0 saturated heterocycles. The first-order valence-electron chi connectivity index (χ1n) is 6.28. The Morgan fingerprint density at radius 1 is 1.10 bits per heavy atom. The SMILES string of the molecule is Cc1ccc(C)c(C2=C3C=CC=C3C(S(=O)(=O)O)=C2)c1. The molecular formula is C16H14O3S. The average Bonchev–Trinajstić information content (AvgIpc) is 2.92. The molecule has 0 aliphatic heterocycles. The lowest BCUT2D eigenvalue weighted by Crippen LogP contribution is -2.01. The maximum atomic E-state index is 11.5. The number of rotatable bonds is 2. The predicted molar refractivity (Wildman–Crippen MR) is 79.7 cm³/mol. The Hall–Kier alpha value is -1.91. The molecule has 2 aliphatic carbocycles. The highest BCUT2D eigenvalue weighted by atomic mass is 32.2. The van der Waals surface area contributed by atoms with E-state index in [-0.39, 0.29) is 4.91 Å². The standard InChI is InChI=1S/C16H14O3S/c1-10-6-7-11(2)14(8-10)15-9-16(20(17,18)19)13-5-3-4-12(13)15/h3-9H,1-2H3,(H,17,18,19). The summed E-state index contributed by atoms with van der Waals surface area (Å²) in [6.07, 6.45) is 6.95. The second kappa shape index (κ2) is 4.30. The number of hydrogen-bond donors (Lipinski definition) is 1. The van der Waals surface area contributed by atoms with Crippen LogP contribution < -0.4 is 0 Å². The highest BCUT2D eigenvalue weighted by Gasteiger charge is 2.30. The van der Waals surface area contributed by atoms with Gasteiger partial charge in [0, 0.05) is 5.57 Å². The minimum Gasteiger partial charge on any atom is -0.282 e. The van der Waals surface area contributed by atoms with Crippen LogP contribution in [0.2, 0.25) is 0 Å². The second-order valence-corrected chi connectivity index (χ2v) is 6.46. The molecule has 0 saturated carbocycles. The van der Waals surface area contributed by atoms with Gasteiger partial charge in [0.1, 0.15) is 4.91 Å². The lowest BCUT2D eigenvalue weighted by molar-refractivity contribution is 0.492. The topological polar surface area (TPSA) is 54.4 Å². The Morgan fingerprint density at radius 2 is 1.85 bits per heavy atom. The molecule has 2 aliphatic rings. The molecule has 0 amide bonds. The fourth-order valence-corrected chi connectivity index (χ4v) is 3.34. The highest BCUT2D eigenvalue weighted by Crippen LogP contribution is 2.42. The van der Waals surface area contributed by atoms with Crippen LogP contribution >= 0.6 is 0 Å². The maximum absolute atomic E-state index is 11.5. The quantitative estimate of drug-likeness (QED) is 0.848. The van der Waals surface area contributed by atoms with Gasteiger partial charge >= 0.3 is 0 Å². The summed E-state index contributed by atoms with van der Waals surface area (Å²) in [4.78, 5) is -0.0200. The van der Waals surface area contributed by atoms with Gasteiger partial charge < -0.3 is 0 Å². The zero-order valence-electron chi connectivity index (χ0n) is 11.2. The van der Waals surface area contributed by atoms with E-state index in [9.17, 15) is 13.0 Å². The Morgan fingerprint density at radius 3 is 2.55 bits per heavy atom. The molecule has 0 bridgehead atoms. The van der Waals surface area contributed by atoms with E-state index >= 15 is 0 Å². The largest absolute Gasteiger partial charge is 0.295 e. The molecular weight excluding hydrogens is 272 g/mol. The number of benzene rings is 1. The van der Waals surface area contributed by atoms with Gasteiger partial charge in [-0.25, -0.2) is 0 Å². The normalized spacial score (nSPS) is 17.4. The zero-order valence-corrected chi connectivity index (χ0v) is 12.0. The van der Waals surface area contributed by atoms with Crippen LogP contribution in [0.15, 0.2) is 58.6 Å². The lowest BCUT2D eigenvalue weighted by atomic mass is 9.96. The molecule has 0 heterocycles. The smallest absolute Gasteiger partial charge is 0.282 e. The van der Waals surface area contributed by atoms with Crippen LogP contribution in [0.4, 0.5) is 0 Å². The number of allylic oxidation sites excluding steroid dienone is 7. The van der Waals surface area contributed by atoms with Gasteiger partial charge in [-0.2, -0.15) is 8.42 Å². The predicted octanol–water partition coefficient (Wildman–Crippen LogP) is 3.34. The van der Waals surface area contributed by atoms with Crippen molar-refractivity contribution in [2.24, 2.45) is 0 Å². The van der Waals surface area contributed by atoms with Gasteiger partial charge in [-0.15, -0.1) is 0 Å². The van der Waals surface area contributed by atoms with Crippen molar-refractivity contribution >= 4 is 15.7 Å². The molecule has 1 N–H and O–H groups in total. The summed E-state index contributed by atoms with van der Waals surface area (Å²) >= 11 is 0. The number of aryl methyl sites for hydroxylation is 2. The van der Waals surface area contributed by atoms with Gasteiger partial charge in [-0.05, 0) is 42.2 Å². The minimum atomic E-state index is -4.21. The summed E-state index contributed by atoms with van der Waals surface area (Å²) in [5.41, 5.74) is 5.45. The van der Waals surface area contributed by atoms with Crippen molar-refractivity contribution in [2.75, 3.05) is 0 Å². The van der Waals surface area contributed by atoms with Crippen molar-refractivity contribution in [3.8, 4) is 0 Å². The first-order valence-corrected chi connectivity index (χ1v) is 7.72. The fraction of sp³-hybridized carbons (Fsp3) is 0.125. The van der Waals surface area contributed by atoms with Gasteiger partial charge in [0.15, 0.2) is 0 Å². The molecule has 20 heavy (non-hydrogen) atoms.